The fourth-order valence-electron chi connectivity index (χ4n) is 6.32. The van der Waals surface area contributed by atoms with Crippen molar-refractivity contribution in [2.75, 3.05) is 54.1 Å². The number of hydrogen-bond acceptors (Lipinski definition) is 7. The molecule has 0 fully saturated rings. The number of nitrogens with zero attached hydrogens (tertiary/aromatic N) is 1. The van der Waals surface area contributed by atoms with Crippen LogP contribution in [0.2, 0.25) is 0 Å². The van der Waals surface area contributed by atoms with Crippen LogP contribution in [0.4, 0.5) is 0 Å². The van der Waals surface area contributed by atoms with Gasteiger partial charge < -0.3 is 27.9 Å². The Morgan fingerprint density at radius 1 is 0.561 bits per heavy atom. The molecular formula is C48H90NO7P. The Morgan fingerprint density at radius 3 is 1.46 bits per heavy atom. The molecule has 334 valence electrons. The molecule has 0 aliphatic heterocycles. The Hall–Kier alpha value is -1.54. The molecule has 57 heavy (non-hydrogen) atoms. The molecule has 0 saturated carbocycles. The highest BCUT2D eigenvalue weighted by atomic mass is 31.2. The van der Waals surface area contributed by atoms with Crippen molar-refractivity contribution in [2.45, 2.75) is 200 Å². The number of esters is 1. The van der Waals surface area contributed by atoms with Crippen LogP contribution < -0.4 is 4.89 Å². The summed E-state index contributed by atoms with van der Waals surface area (Å²) >= 11 is 0. The van der Waals surface area contributed by atoms with Crippen LogP contribution in [0.5, 0.6) is 0 Å². The average Bonchev–Trinajstić information content (AvgIpc) is 3.16. The molecule has 0 spiro atoms. The van der Waals surface area contributed by atoms with Crippen molar-refractivity contribution in [2.24, 2.45) is 0 Å². The molecule has 0 aliphatic rings. The van der Waals surface area contributed by atoms with Crippen LogP contribution in [0.25, 0.3) is 0 Å². The third kappa shape index (κ3) is 45.4. The standard InChI is InChI=1S/C48H90NO7P/c1-6-8-10-12-14-16-18-20-22-23-24-25-26-27-28-29-31-33-35-37-39-41-48(50)56-47(46-55-57(51,52)54-44-42-49(3,4)5)45-53-43-40-38-36-34-32-30-21-19-17-15-13-11-9-7-2/h9,11,15,17,21,30,34,36,47H,6-8,10,12-14,16,18-20,22-29,31-33,35,37-46H2,1-5H3/b11-9-,17-15-,30-21-,36-34-. The molecule has 2 atom stereocenters. The van der Waals surface area contributed by atoms with E-state index < -0.39 is 13.9 Å². The van der Waals surface area contributed by atoms with E-state index in [1.807, 2.05) is 21.1 Å². The van der Waals surface area contributed by atoms with Gasteiger partial charge >= 0.3 is 5.97 Å². The van der Waals surface area contributed by atoms with Crippen LogP contribution >= 0.6 is 7.82 Å². The van der Waals surface area contributed by atoms with Crippen LogP contribution in [0.1, 0.15) is 194 Å². The summed E-state index contributed by atoms with van der Waals surface area (Å²) in [5.41, 5.74) is 0. The number of quaternary nitrogens is 1. The van der Waals surface area contributed by atoms with Gasteiger partial charge in [-0.25, -0.2) is 0 Å². The zero-order chi connectivity index (χ0) is 42.0. The predicted molar refractivity (Wildman–Crippen MR) is 240 cm³/mol. The van der Waals surface area contributed by atoms with Gasteiger partial charge in [0.1, 0.15) is 19.3 Å². The Bertz CT molecular complexity index is 1050. The minimum Gasteiger partial charge on any atom is -0.756 e. The molecule has 0 bridgehead atoms. The quantitative estimate of drug-likeness (QED) is 0.0199. The maximum absolute atomic E-state index is 12.7. The first kappa shape index (κ1) is 55.5. The van der Waals surface area contributed by atoms with Crippen LogP contribution in [-0.2, 0) is 27.9 Å². The number of hydrogen-bond donors (Lipinski definition) is 0. The summed E-state index contributed by atoms with van der Waals surface area (Å²) in [5, 5.41) is 0. The van der Waals surface area contributed by atoms with E-state index in [1.54, 1.807) is 0 Å². The Kier molecular flexibility index (Phi) is 40.1. The number of likely N-dealkylation sites (N-methyl/N-ethyl adjacent to an activating group) is 1. The third-order valence-electron chi connectivity index (χ3n) is 9.89. The van der Waals surface area contributed by atoms with E-state index in [0.29, 0.717) is 24.1 Å². The van der Waals surface area contributed by atoms with Crippen LogP contribution in [0.3, 0.4) is 0 Å². The van der Waals surface area contributed by atoms with Gasteiger partial charge in [-0.2, -0.15) is 0 Å². The highest BCUT2D eigenvalue weighted by Crippen LogP contribution is 2.38. The average molecular weight is 824 g/mol. The number of carbonyl (C=O) groups excluding carboxylic acids is 1. The molecule has 0 aromatic carbocycles. The van der Waals surface area contributed by atoms with Gasteiger partial charge in [0.2, 0.25) is 0 Å². The van der Waals surface area contributed by atoms with E-state index in [0.717, 1.165) is 57.8 Å². The molecule has 0 aromatic heterocycles. The van der Waals surface area contributed by atoms with Crippen molar-refractivity contribution in [3.05, 3.63) is 48.6 Å². The van der Waals surface area contributed by atoms with Gasteiger partial charge in [0.25, 0.3) is 7.82 Å². The Morgan fingerprint density at radius 2 is 1.00 bits per heavy atom. The van der Waals surface area contributed by atoms with Gasteiger partial charge in [-0.3, -0.25) is 9.36 Å². The normalized spacial score (nSPS) is 14.1. The number of phosphoric acid groups is 1. The van der Waals surface area contributed by atoms with Crippen molar-refractivity contribution in [1.29, 1.82) is 0 Å². The first-order chi connectivity index (χ1) is 27.6. The van der Waals surface area contributed by atoms with E-state index >= 15 is 0 Å². The summed E-state index contributed by atoms with van der Waals surface area (Å²) < 4.78 is 34.5. The number of phosphoric ester groups is 1. The lowest BCUT2D eigenvalue weighted by Gasteiger charge is -2.28. The molecule has 0 aliphatic carbocycles. The highest BCUT2D eigenvalue weighted by molar-refractivity contribution is 7.45. The molecule has 2 unspecified atom stereocenters. The fourth-order valence-corrected chi connectivity index (χ4v) is 7.04. The summed E-state index contributed by atoms with van der Waals surface area (Å²) in [6.45, 7) is 5.16. The SMILES string of the molecule is CC/C=C\C/C=C\C/C=C\C/C=C\CCCOCC(COP(=O)([O-])OCC[N+](C)(C)C)OC(=O)CCCCCCCCCCCCCCCCCCCCCCC. The molecule has 8 nitrogen and oxygen atoms in total. The third-order valence-corrected chi connectivity index (χ3v) is 10.9. The van der Waals surface area contributed by atoms with Crippen molar-refractivity contribution in [3.8, 4) is 0 Å². The molecule has 0 rings (SSSR count). The lowest BCUT2D eigenvalue weighted by Crippen LogP contribution is -2.37. The minimum absolute atomic E-state index is 0.0159. The number of rotatable bonds is 43. The summed E-state index contributed by atoms with van der Waals surface area (Å²) in [6.07, 6.45) is 50.1. The van der Waals surface area contributed by atoms with Gasteiger partial charge in [0.05, 0.1) is 34.4 Å². The van der Waals surface area contributed by atoms with E-state index in [-0.39, 0.29) is 25.8 Å². The summed E-state index contributed by atoms with van der Waals surface area (Å²) in [5.74, 6) is -0.350. The van der Waals surface area contributed by atoms with Crippen molar-refractivity contribution < 1.29 is 37.3 Å². The van der Waals surface area contributed by atoms with Gasteiger partial charge in [-0.1, -0.05) is 191 Å². The van der Waals surface area contributed by atoms with Crippen LogP contribution in [0, 0.1) is 0 Å². The minimum atomic E-state index is -4.54. The van der Waals surface area contributed by atoms with E-state index in [2.05, 4.69) is 62.5 Å². The van der Waals surface area contributed by atoms with Gasteiger partial charge in [0, 0.05) is 13.0 Å². The van der Waals surface area contributed by atoms with Crippen molar-refractivity contribution in [3.63, 3.8) is 0 Å². The van der Waals surface area contributed by atoms with Crippen molar-refractivity contribution >= 4 is 13.8 Å². The molecule has 0 N–H and O–H groups in total. The molecular weight excluding hydrogens is 734 g/mol. The second kappa shape index (κ2) is 41.2. The largest absolute Gasteiger partial charge is 0.756 e. The molecule has 9 heteroatoms. The van der Waals surface area contributed by atoms with Crippen molar-refractivity contribution in [1.82, 2.24) is 0 Å². The van der Waals surface area contributed by atoms with Crippen LogP contribution in [-0.4, -0.2) is 70.7 Å². The maximum Gasteiger partial charge on any atom is 0.306 e. The number of carbonyl (C=O) groups is 1. The monoisotopic (exact) mass is 824 g/mol. The second-order valence-corrected chi connectivity index (χ2v) is 18.2. The molecule has 0 heterocycles. The van der Waals surface area contributed by atoms with Crippen LogP contribution in [0.15, 0.2) is 48.6 Å². The fraction of sp³-hybridized carbons (Fsp3) is 0.812. The zero-order valence-electron chi connectivity index (χ0n) is 37.8. The number of allylic oxidation sites excluding steroid dienone is 8. The number of ether oxygens (including phenoxy) is 2. The topological polar surface area (TPSA) is 94.1 Å². The highest BCUT2D eigenvalue weighted by Gasteiger charge is 2.20. The Balaban J connectivity index is 4.20. The van der Waals surface area contributed by atoms with E-state index in [1.165, 1.54) is 116 Å². The lowest BCUT2D eigenvalue weighted by molar-refractivity contribution is -0.870. The second-order valence-electron chi connectivity index (χ2n) is 16.7. The summed E-state index contributed by atoms with van der Waals surface area (Å²) in [4.78, 5) is 25.1. The Labute approximate surface area is 352 Å². The van der Waals surface area contributed by atoms with E-state index in [9.17, 15) is 14.3 Å². The molecule has 0 amide bonds. The van der Waals surface area contributed by atoms with Gasteiger partial charge in [-0.15, -0.1) is 0 Å². The van der Waals surface area contributed by atoms with Gasteiger partial charge in [-0.05, 0) is 44.9 Å². The molecule has 0 aromatic rings. The molecule has 0 radical (unpaired) electrons. The predicted octanol–water partition coefficient (Wildman–Crippen LogP) is 13.3. The van der Waals surface area contributed by atoms with E-state index in [4.69, 9.17) is 18.5 Å². The number of unbranched alkanes of at least 4 members (excludes halogenated alkanes) is 21. The lowest BCUT2D eigenvalue weighted by atomic mass is 10.0. The maximum atomic E-state index is 12.7. The first-order valence-corrected chi connectivity index (χ1v) is 24.8. The smallest absolute Gasteiger partial charge is 0.306 e. The first-order valence-electron chi connectivity index (χ1n) is 23.4. The molecule has 0 saturated heterocycles. The van der Waals surface area contributed by atoms with Gasteiger partial charge in [0.15, 0.2) is 0 Å². The summed E-state index contributed by atoms with van der Waals surface area (Å²) in [7, 11) is 1.32. The summed E-state index contributed by atoms with van der Waals surface area (Å²) in [6, 6.07) is 0. The zero-order valence-corrected chi connectivity index (χ0v) is 38.7.